The number of hydrogen-bond donors (Lipinski definition) is 2. The molecule has 19 heavy (non-hydrogen) atoms. The van der Waals surface area contributed by atoms with Crippen molar-refractivity contribution in [3.05, 3.63) is 29.8 Å². The van der Waals surface area contributed by atoms with Crippen LogP contribution in [0, 0.1) is 5.92 Å². The molecule has 0 bridgehead atoms. The number of nitrogens with one attached hydrogen (secondary N) is 1. The highest BCUT2D eigenvalue weighted by Crippen LogP contribution is 2.28. The van der Waals surface area contributed by atoms with Crippen molar-refractivity contribution in [1.82, 2.24) is 4.72 Å². The van der Waals surface area contributed by atoms with Gasteiger partial charge in [-0.3, -0.25) is 0 Å². The molecule has 1 aliphatic rings. The molecular formula is C14H21NO3S. The van der Waals surface area contributed by atoms with Crippen molar-refractivity contribution in [2.75, 3.05) is 13.2 Å². The molecule has 1 saturated carbocycles. The zero-order chi connectivity index (χ0) is 13.7. The summed E-state index contributed by atoms with van der Waals surface area (Å²) < 4.78 is 26.7. The van der Waals surface area contributed by atoms with E-state index < -0.39 is 10.0 Å². The summed E-state index contributed by atoms with van der Waals surface area (Å²) in [6.07, 6.45) is 5.23. The molecule has 0 spiro atoms. The molecule has 0 aliphatic heterocycles. The monoisotopic (exact) mass is 283 g/mol. The van der Waals surface area contributed by atoms with Crippen molar-refractivity contribution in [3.63, 3.8) is 0 Å². The number of aliphatic hydroxyl groups excluding tert-OH is 1. The fourth-order valence-electron chi connectivity index (χ4n) is 2.23. The van der Waals surface area contributed by atoms with Gasteiger partial charge in [0, 0.05) is 13.2 Å². The van der Waals surface area contributed by atoms with Crippen LogP contribution in [0.15, 0.2) is 29.2 Å². The highest BCUT2D eigenvalue weighted by Gasteiger charge is 2.19. The molecule has 4 nitrogen and oxygen atoms in total. The molecule has 0 amide bonds. The van der Waals surface area contributed by atoms with Crippen molar-refractivity contribution in [3.8, 4) is 0 Å². The lowest BCUT2D eigenvalue weighted by molar-refractivity contribution is 0.297. The van der Waals surface area contributed by atoms with Gasteiger partial charge >= 0.3 is 0 Å². The van der Waals surface area contributed by atoms with Crippen LogP contribution in [-0.2, 0) is 16.4 Å². The Morgan fingerprint density at radius 2 is 1.89 bits per heavy atom. The smallest absolute Gasteiger partial charge is 0.240 e. The molecule has 0 heterocycles. The highest BCUT2D eigenvalue weighted by molar-refractivity contribution is 7.89. The van der Waals surface area contributed by atoms with E-state index in [1.165, 1.54) is 19.3 Å². The van der Waals surface area contributed by atoms with Crippen LogP contribution in [0.3, 0.4) is 0 Å². The average Bonchev–Trinajstić information content (AvgIpc) is 2.33. The molecule has 2 N–H and O–H groups in total. The molecule has 5 heteroatoms. The predicted molar refractivity (Wildman–Crippen MR) is 74.4 cm³/mol. The lowest BCUT2D eigenvalue weighted by atomic mass is 9.83. The summed E-state index contributed by atoms with van der Waals surface area (Å²) in [6, 6.07) is 6.68. The minimum atomic E-state index is -3.38. The number of benzene rings is 1. The summed E-state index contributed by atoms with van der Waals surface area (Å²) in [5.74, 6) is 0.703. The molecule has 0 unspecified atom stereocenters. The molecule has 1 fully saturated rings. The van der Waals surface area contributed by atoms with Gasteiger partial charge in [0.1, 0.15) is 0 Å². The lowest BCUT2D eigenvalue weighted by Gasteiger charge is -2.25. The Morgan fingerprint density at radius 1 is 1.21 bits per heavy atom. The van der Waals surface area contributed by atoms with Gasteiger partial charge < -0.3 is 5.11 Å². The minimum Gasteiger partial charge on any atom is -0.396 e. The average molecular weight is 283 g/mol. The van der Waals surface area contributed by atoms with Crippen LogP contribution in [0.25, 0.3) is 0 Å². The van der Waals surface area contributed by atoms with Gasteiger partial charge in [-0.15, -0.1) is 0 Å². The Hall–Kier alpha value is -0.910. The van der Waals surface area contributed by atoms with Gasteiger partial charge in [0.25, 0.3) is 0 Å². The van der Waals surface area contributed by atoms with E-state index in [1.54, 1.807) is 24.3 Å². The van der Waals surface area contributed by atoms with E-state index in [4.69, 9.17) is 5.11 Å². The van der Waals surface area contributed by atoms with Crippen molar-refractivity contribution in [1.29, 1.82) is 0 Å². The second-order valence-electron chi connectivity index (χ2n) is 5.10. The summed E-state index contributed by atoms with van der Waals surface area (Å²) in [5.41, 5.74) is 0.941. The third-order valence-corrected chi connectivity index (χ3v) is 5.18. The SMILES string of the molecule is O=S(=O)(NCCC1CCC1)c1ccc(CCO)cc1. The van der Waals surface area contributed by atoms with Crippen LogP contribution in [-0.4, -0.2) is 26.7 Å². The normalized spacial score (nSPS) is 16.3. The quantitative estimate of drug-likeness (QED) is 0.800. The van der Waals surface area contributed by atoms with Crippen LogP contribution >= 0.6 is 0 Å². The van der Waals surface area contributed by atoms with E-state index in [0.29, 0.717) is 23.8 Å². The first-order chi connectivity index (χ1) is 9.12. The number of rotatable bonds is 7. The third kappa shape index (κ3) is 4.03. The maximum atomic E-state index is 12.0. The Balaban J connectivity index is 1.90. The summed E-state index contributed by atoms with van der Waals surface area (Å²) in [4.78, 5) is 0.294. The molecule has 106 valence electrons. The molecule has 0 radical (unpaired) electrons. The number of aliphatic hydroxyl groups is 1. The van der Waals surface area contributed by atoms with Crippen LogP contribution < -0.4 is 4.72 Å². The van der Waals surface area contributed by atoms with Crippen LogP contribution in [0.5, 0.6) is 0 Å². The van der Waals surface area contributed by atoms with Crippen molar-refractivity contribution in [2.24, 2.45) is 5.92 Å². The van der Waals surface area contributed by atoms with Gasteiger partial charge in [0.2, 0.25) is 10.0 Å². The summed E-state index contributed by atoms with van der Waals surface area (Å²) in [7, 11) is -3.38. The van der Waals surface area contributed by atoms with E-state index in [1.807, 2.05) is 0 Å². The molecule has 0 saturated heterocycles. The third-order valence-electron chi connectivity index (χ3n) is 3.70. The molecule has 1 aliphatic carbocycles. The van der Waals surface area contributed by atoms with Crippen LogP contribution in [0.4, 0.5) is 0 Å². The molecular weight excluding hydrogens is 262 g/mol. The standard InChI is InChI=1S/C14H21NO3S/c16-11-9-13-4-6-14(7-5-13)19(17,18)15-10-8-12-2-1-3-12/h4-7,12,15-16H,1-3,8-11H2. The molecule has 1 aromatic carbocycles. The van der Waals surface area contributed by atoms with E-state index in [9.17, 15) is 8.42 Å². The zero-order valence-corrected chi connectivity index (χ0v) is 11.8. The minimum absolute atomic E-state index is 0.0751. The van der Waals surface area contributed by atoms with Gasteiger partial charge in [0.05, 0.1) is 4.90 Å². The van der Waals surface area contributed by atoms with E-state index in [2.05, 4.69) is 4.72 Å². The van der Waals surface area contributed by atoms with Gasteiger partial charge in [-0.1, -0.05) is 31.4 Å². The Labute approximate surface area is 114 Å². The fourth-order valence-corrected chi connectivity index (χ4v) is 3.27. The fraction of sp³-hybridized carbons (Fsp3) is 0.571. The maximum absolute atomic E-state index is 12.0. The lowest BCUT2D eigenvalue weighted by Crippen LogP contribution is -2.27. The van der Waals surface area contributed by atoms with Crippen LogP contribution in [0.2, 0.25) is 0 Å². The van der Waals surface area contributed by atoms with Crippen molar-refractivity contribution < 1.29 is 13.5 Å². The van der Waals surface area contributed by atoms with E-state index in [0.717, 1.165) is 12.0 Å². The number of hydrogen-bond acceptors (Lipinski definition) is 3. The van der Waals surface area contributed by atoms with Crippen molar-refractivity contribution >= 4 is 10.0 Å². The second kappa shape index (κ2) is 6.50. The van der Waals surface area contributed by atoms with E-state index in [-0.39, 0.29) is 6.61 Å². The van der Waals surface area contributed by atoms with Gasteiger partial charge in [-0.2, -0.15) is 0 Å². The first-order valence-corrected chi connectivity index (χ1v) is 8.29. The Morgan fingerprint density at radius 3 is 2.42 bits per heavy atom. The first-order valence-electron chi connectivity index (χ1n) is 6.81. The topological polar surface area (TPSA) is 66.4 Å². The predicted octanol–water partition coefficient (Wildman–Crippen LogP) is 1.69. The zero-order valence-electron chi connectivity index (χ0n) is 11.0. The van der Waals surface area contributed by atoms with Gasteiger partial charge in [-0.25, -0.2) is 13.1 Å². The summed E-state index contributed by atoms with van der Waals surface area (Å²) >= 11 is 0. The Bertz CT molecular complexity index is 492. The van der Waals surface area contributed by atoms with Gasteiger partial charge in [-0.05, 0) is 36.5 Å². The van der Waals surface area contributed by atoms with Crippen molar-refractivity contribution in [2.45, 2.75) is 37.0 Å². The molecule has 1 aromatic rings. The number of sulfonamides is 1. The highest BCUT2D eigenvalue weighted by atomic mass is 32.2. The largest absolute Gasteiger partial charge is 0.396 e. The van der Waals surface area contributed by atoms with Gasteiger partial charge in [0.15, 0.2) is 0 Å². The maximum Gasteiger partial charge on any atom is 0.240 e. The second-order valence-corrected chi connectivity index (χ2v) is 6.87. The molecule has 2 rings (SSSR count). The van der Waals surface area contributed by atoms with Crippen LogP contribution in [0.1, 0.15) is 31.2 Å². The summed E-state index contributed by atoms with van der Waals surface area (Å²) in [6.45, 7) is 0.594. The molecule has 0 atom stereocenters. The molecule has 0 aromatic heterocycles. The summed E-state index contributed by atoms with van der Waals surface area (Å²) in [5, 5.41) is 8.82. The first kappa shape index (κ1) is 14.5. The Kier molecular flexibility index (Phi) is 4.96. The van der Waals surface area contributed by atoms with E-state index >= 15 is 0 Å².